The van der Waals surface area contributed by atoms with Crippen LogP contribution in [0.15, 0.2) is 9.85 Å². The molecule has 1 N–H and O–H groups in total. The summed E-state index contributed by atoms with van der Waals surface area (Å²) in [5, 5.41) is 11.0. The second-order valence-electron chi connectivity index (χ2n) is 7.29. The van der Waals surface area contributed by atoms with Gasteiger partial charge >= 0.3 is 0 Å². The van der Waals surface area contributed by atoms with Gasteiger partial charge < -0.3 is 5.11 Å². The van der Waals surface area contributed by atoms with Gasteiger partial charge in [0, 0.05) is 10.3 Å². The molecular weight excluding hydrogens is 320 g/mol. The zero-order valence-electron chi connectivity index (χ0n) is 11.4. The maximum absolute atomic E-state index is 11.0. The van der Waals surface area contributed by atoms with Gasteiger partial charge in [-0.05, 0) is 90.8 Å². The molecule has 1 heterocycles. The third-order valence-electron chi connectivity index (χ3n) is 5.81. The molecule has 4 aliphatic rings. The molecule has 0 aromatic carbocycles. The molecule has 0 amide bonds. The van der Waals surface area contributed by atoms with Gasteiger partial charge in [-0.1, -0.05) is 0 Å². The van der Waals surface area contributed by atoms with E-state index in [4.69, 9.17) is 0 Å². The van der Waals surface area contributed by atoms with Gasteiger partial charge in [0.1, 0.15) is 0 Å². The normalized spacial score (nSPS) is 41.7. The van der Waals surface area contributed by atoms with Gasteiger partial charge in [-0.2, -0.15) is 0 Å². The second kappa shape index (κ2) is 4.32. The highest BCUT2D eigenvalue weighted by Crippen LogP contribution is 2.64. The summed E-state index contributed by atoms with van der Waals surface area (Å²) in [4.78, 5) is 1.19. The molecule has 1 aromatic rings. The molecule has 0 spiro atoms. The second-order valence-corrected chi connectivity index (χ2v) is 9.69. The average Bonchev–Trinajstić information content (AvgIpc) is 2.67. The van der Waals surface area contributed by atoms with Crippen molar-refractivity contribution in [2.75, 3.05) is 0 Å². The van der Waals surface area contributed by atoms with Crippen LogP contribution in [-0.4, -0.2) is 5.11 Å². The summed E-state index contributed by atoms with van der Waals surface area (Å²) in [7, 11) is 0. The van der Waals surface area contributed by atoms with Gasteiger partial charge in [0.2, 0.25) is 0 Å². The predicted molar refractivity (Wildman–Crippen MR) is 82.3 cm³/mol. The number of hydrogen-bond donors (Lipinski definition) is 1. The van der Waals surface area contributed by atoms with E-state index in [-0.39, 0.29) is 11.5 Å². The number of hydrogen-bond acceptors (Lipinski definition) is 2. The van der Waals surface area contributed by atoms with Gasteiger partial charge in [-0.25, -0.2) is 0 Å². The van der Waals surface area contributed by atoms with E-state index in [2.05, 4.69) is 28.9 Å². The van der Waals surface area contributed by atoms with Crippen molar-refractivity contribution in [1.29, 1.82) is 0 Å². The Morgan fingerprint density at radius 3 is 2.16 bits per heavy atom. The van der Waals surface area contributed by atoms with Gasteiger partial charge in [0.25, 0.3) is 0 Å². The molecule has 1 unspecified atom stereocenters. The summed E-state index contributed by atoms with van der Waals surface area (Å²) in [5.41, 5.74) is 1.48. The predicted octanol–water partition coefficient (Wildman–Crippen LogP) is 5.07. The first kappa shape index (κ1) is 12.8. The lowest BCUT2D eigenvalue weighted by atomic mass is 9.48. The van der Waals surface area contributed by atoms with Crippen LogP contribution >= 0.6 is 27.3 Å². The Morgan fingerprint density at radius 1 is 1.21 bits per heavy atom. The van der Waals surface area contributed by atoms with Crippen molar-refractivity contribution in [3.05, 3.63) is 20.3 Å². The van der Waals surface area contributed by atoms with E-state index in [0.29, 0.717) is 0 Å². The first-order valence-corrected chi connectivity index (χ1v) is 9.10. The Balaban J connectivity index is 1.67. The van der Waals surface area contributed by atoms with Gasteiger partial charge in [0.15, 0.2) is 0 Å². The zero-order chi connectivity index (χ0) is 13.2. The molecule has 1 aromatic heterocycles. The standard InChI is InChI=1S/C16H21BrOS/c1-9-2-13(19-15(9)17)14(18)16-6-10-3-11(7-16)5-12(4-10)8-16/h2,10-12,14,18H,3-8H2,1H3. The molecule has 104 valence electrons. The van der Waals surface area contributed by atoms with E-state index in [9.17, 15) is 5.11 Å². The Hall–Kier alpha value is 0.140. The minimum absolute atomic E-state index is 0.214. The van der Waals surface area contributed by atoms with Crippen molar-refractivity contribution < 1.29 is 5.11 Å². The van der Waals surface area contributed by atoms with Gasteiger partial charge in [-0.15, -0.1) is 11.3 Å². The first-order chi connectivity index (χ1) is 9.06. The van der Waals surface area contributed by atoms with Crippen LogP contribution in [0.4, 0.5) is 0 Å². The molecule has 4 fully saturated rings. The monoisotopic (exact) mass is 340 g/mol. The third kappa shape index (κ3) is 1.96. The summed E-state index contributed by atoms with van der Waals surface area (Å²) in [6.07, 6.45) is 7.92. The van der Waals surface area contributed by atoms with Crippen LogP contribution in [0.2, 0.25) is 0 Å². The Kier molecular flexibility index (Phi) is 2.92. The molecule has 4 aliphatic carbocycles. The summed E-state index contributed by atoms with van der Waals surface area (Å²) < 4.78 is 1.19. The lowest BCUT2D eigenvalue weighted by molar-refractivity contribution is -0.121. The lowest BCUT2D eigenvalue weighted by Crippen LogP contribution is -2.48. The number of rotatable bonds is 2. The van der Waals surface area contributed by atoms with Crippen LogP contribution in [0.5, 0.6) is 0 Å². The average molecular weight is 341 g/mol. The number of thiophene rings is 1. The molecule has 5 rings (SSSR count). The Morgan fingerprint density at radius 2 is 1.74 bits per heavy atom. The van der Waals surface area contributed by atoms with Crippen molar-refractivity contribution in [3.8, 4) is 0 Å². The van der Waals surface area contributed by atoms with Crippen molar-refractivity contribution in [1.82, 2.24) is 0 Å². The van der Waals surface area contributed by atoms with E-state index in [1.165, 1.54) is 52.8 Å². The fourth-order valence-electron chi connectivity index (χ4n) is 5.43. The fourth-order valence-corrected chi connectivity index (χ4v) is 7.13. The molecule has 1 atom stereocenters. The molecule has 3 heteroatoms. The third-order valence-corrected chi connectivity index (χ3v) is 8.00. The number of aliphatic hydroxyl groups is 1. The van der Waals surface area contributed by atoms with Crippen molar-refractivity contribution in [2.45, 2.75) is 51.6 Å². The van der Waals surface area contributed by atoms with Crippen molar-refractivity contribution in [3.63, 3.8) is 0 Å². The molecule has 19 heavy (non-hydrogen) atoms. The van der Waals surface area contributed by atoms with E-state index >= 15 is 0 Å². The summed E-state index contributed by atoms with van der Waals surface area (Å²) in [6, 6.07) is 2.19. The molecule has 4 saturated carbocycles. The molecule has 0 radical (unpaired) electrons. The minimum atomic E-state index is -0.226. The zero-order valence-corrected chi connectivity index (χ0v) is 13.8. The van der Waals surface area contributed by atoms with Crippen molar-refractivity contribution >= 4 is 27.3 Å². The highest BCUT2D eigenvalue weighted by Gasteiger charge is 2.54. The highest BCUT2D eigenvalue weighted by atomic mass is 79.9. The van der Waals surface area contributed by atoms with Crippen LogP contribution in [-0.2, 0) is 0 Å². The van der Waals surface area contributed by atoms with E-state index in [0.717, 1.165) is 17.8 Å². The number of aliphatic hydroxyl groups excluding tert-OH is 1. The van der Waals surface area contributed by atoms with Crippen LogP contribution in [0.1, 0.15) is 55.1 Å². The summed E-state index contributed by atoms with van der Waals surface area (Å²) in [6.45, 7) is 2.12. The maximum atomic E-state index is 11.0. The van der Waals surface area contributed by atoms with E-state index in [1.54, 1.807) is 11.3 Å². The first-order valence-electron chi connectivity index (χ1n) is 7.50. The molecule has 4 bridgehead atoms. The van der Waals surface area contributed by atoms with Crippen LogP contribution in [0, 0.1) is 30.1 Å². The summed E-state index contributed by atoms with van der Waals surface area (Å²) >= 11 is 5.34. The van der Waals surface area contributed by atoms with Crippen LogP contribution in [0.25, 0.3) is 0 Å². The topological polar surface area (TPSA) is 20.2 Å². The van der Waals surface area contributed by atoms with Crippen LogP contribution < -0.4 is 0 Å². The molecule has 0 saturated heterocycles. The molecule has 0 aliphatic heterocycles. The lowest BCUT2D eigenvalue weighted by Gasteiger charge is -2.58. The highest BCUT2D eigenvalue weighted by molar-refractivity contribution is 9.11. The van der Waals surface area contributed by atoms with E-state index < -0.39 is 0 Å². The van der Waals surface area contributed by atoms with Gasteiger partial charge in [0.05, 0.1) is 9.89 Å². The van der Waals surface area contributed by atoms with Crippen molar-refractivity contribution in [2.24, 2.45) is 23.2 Å². The minimum Gasteiger partial charge on any atom is -0.387 e. The Labute approximate surface area is 127 Å². The smallest absolute Gasteiger partial charge is 0.0938 e. The fraction of sp³-hybridized carbons (Fsp3) is 0.750. The number of halogens is 1. The summed E-state index contributed by atoms with van der Waals surface area (Å²) in [5.74, 6) is 2.72. The quantitative estimate of drug-likeness (QED) is 0.796. The SMILES string of the molecule is Cc1cc(C(O)C23CC4CC(CC(C4)C2)C3)sc1Br. The van der Waals surface area contributed by atoms with Gasteiger partial charge in [-0.3, -0.25) is 0 Å². The van der Waals surface area contributed by atoms with Crippen LogP contribution in [0.3, 0.4) is 0 Å². The molecule has 1 nitrogen and oxygen atoms in total. The maximum Gasteiger partial charge on any atom is 0.0938 e. The Bertz CT molecular complexity index is 452. The number of aryl methyl sites for hydroxylation is 1. The van der Waals surface area contributed by atoms with E-state index in [1.807, 2.05) is 0 Å². The largest absolute Gasteiger partial charge is 0.387 e. The molecular formula is C16H21BrOS.